The molecule has 1 aromatic carbocycles. The fourth-order valence-electron chi connectivity index (χ4n) is 1.59. The molecular formula is C14H18ClN3O2. The maximum absolute atomic E-state index is 11.8. The number of nitrogens with one attached hydrogen (secondary N) is 1. The summed E-state index contributed by atoms with van der Waals surface area (Å²) < 4.78 is 5.34. The van der Waals surface area contributed by atoms with Crippen LogP contribution in [0.2, 0.25) is 0 Å². The van der Waals surface area contributed by atoms with Crippen LogP contribution in [0.5, 0.6) is 0 Å². The van der Waals surface area contributed by atoms with Crippen LogP contribution in [0.25, 0.3) is 11.5 Å². The van der Waals surface area contributed by atoms with Gasteiger partial charge in [0.25, 0.3) is 0 Å². The summed E-state index contributed by atoms with van der Waals surface area (Å²) in [6, 6.07) is 7.37. The summed E-state index contributed by atoms with van der Waals surface area (Å²) in [5.41, 5.74) is 7.82. The summed E-state index contributed by atoms with van der Waals surface area (Å²) in [5.74, 6) is 0.233. The zero-order valence-corrected chi connectivity index (χ0v) is 12.2. The van der Waals surface area contributed by atoms with Gasteiger partial charge >= 0.3 is 0 Å². The lowest BCUT2D eigenvalue weighted by molar-refractivity contribution is -0.119. The Morgan fingerprint density at radius 2 is 2.25 bits per heavy atom. The summed E-state index contributed by atoms with van der Waals surface area (Å²) >= 11 is 0. The van der Waals surface area contributed by atoms with Crippen LogP contribution in [0.3, 0.4) is 0 Å². The molecule has 108 valence electrons. The summed E-state index contributed by atoms with van der Waals surface area (Å²) in [4.78, 5) is 16.0. The maximum atomic E-state index is 11.8. The lowest BCUT2D eigenvalue weighted by Crippen LogP contribution is -2.26. The van der Waals surface area contributed by atoms with Crippen LogP contribution >= 0.6 is 12.4 Å². The number of carbonyl (C=O) groups is 1. The third-order valence-corrected chi connectivity index (χ3v) is 2.80. The van der Waals surface area contributed by atoms with Gasteiger partial charge in [-0.25, -0.2) is 4.98 Å². The van der Waals surface area contributed by atoms with E-state index >= 15 is 0 Å². The van der Waals surface area contributed by atoms with E-state index in [0.717, 1.165) is 11.3 Å². The molecular weight excluding hydrogens is 278 g/mol. The van der Waals surface area contributed by atoms with E-state index < -0.39 is 0 Å². The Bertz CT molecular complexity index is 583. The van der Waals surface area contributed by atoms with E-state index in [1.54, 1.807) is 13.2 Å². The zero-order chi connectivity index (χ0) is 13.8. The van der Waals surface area contributed by atoms with Gasteiger partial charge in [-0.15, -0.1) is 12.4 Å². The number of aryl methyl sites for hydroxylation is 1. The van der Waals surface area contributed by atoms with Gasteiger partial charge in [0.1, 0.15) is 6.26 Å². The van der Waals surface area contributed by atoms with Crippen LogP contribution in [-0.4, -0.2) is 17.4 Å². The van der Waals surface area contributed by atoms with Crippen LogP contribution < -0.4 is 11.1 Å². The Balaban J connectivity index is 0.00000200. The molecule has 1 unspecified atom stereocenters. The Hall–Kier alpha value is -1.85. The molecule has 0 fully saturated rings. The van der Waals surface area contributed by atoms with Crippen molar-refractivity contribution in [1.82, 2.24) is 4.98 Å². The summed E-state index contributed by atoms with van der Waals surface area (Å²) in [6.45, 7) is 3.97. The molecule has 0 aliphatic carbocycles. The second-order valence-corrected chi connectivity index (χ2v) is 4.50. The van der Waals surface area contributed by atoms with Gasteiger partial charge in [0.05, 0.1) is 5.69 Å². The van der Waals surface area contributed by atoms with Gasteiger partial charge < -0.3 is 15.5 Å². The van der Waals surface area contributed by atoms with Crippen molar-refractivity contribution in [1.29, 1.82) is 0 Å². The van der Waals surface area contributed by atoms with Crippen molar-refractivity contribution in [2.45, 2.75) is 13.8 Å². The largest absolute Gasteiger partial charge is 0.444 e. The predicted octanol–water partition coefficient (Wildman–Crippen LogP) is 2.61. The molecule has 0 aliphatic rings. The third kappa shape index (κ3) is 3.82. The van der Waals surface area contributed by atoms with E-state index in [-0.39, 0.29) is 24.2 Å². The maximum Gasteiger partial charge on any atom is 0.228 e. The molecule has 3 N–H and O–H groups in total. The highest BCUT2D eigenvalue weighted by Crippen LogP contribution is 2.22. The van der Waals surface area contributed by atoms with E-state index in [1.807, 2.05) is 31.2 Å². The normalized spacial score (nSPS) is 11.6. The van der Waals surface area contributed by atoms with Crippen molar-refractivity contribution in [3.8, 4) is 11.5 Å². The molecule has 1 atom stereocenters. The molecule has 5 nitrogen and oxygen atoms in total. The second-order valence-electron chi connectivity index (χ2n) is 4.50. The number of hydrogen-bond donors (Lipinski definition) is 2. The Morgan fingerprint density at radius 1 is 1.50 bits per heavy atom. The molecule has 0 spiro atoms. The van der Waals surface area contributed by atoms with Gasteiger partial charge in [-0.1, -0.05) is 13.0 Å². The number of rotatable bonds is 4. The number of anilines is 1. The molecule has 6 heteroatoms. The highest BCUT2D eigenvalue weighted by atomic mass is 35.5. The van der Waals surface area contributed by atoms with E-state index in [2.05, 4.69) is 10.3 Å². The minimum absolute atomic E-state index is 0. The third-order valence-electron chi connectivity index (χ3n) is 2.80. The van der Waals surface area contributed by atoms with Crippen molar-refractivity contribution >= 4 is 24.0 Å². The van der Waals surface area contributed by atoms with Crippen molar-refractivity contribution in [2.24, 2.45) is 11.7 Å². The standard InChI is InChI=1S/C14H17N3O2.ClH/c1-9(7-15)13(18)17-12-5-3-4-11(6-12)14-16-10(2)8-19-14;/h3-6,8-9H,7,15H2,1-2H3,(H,17,18);1H. The second kappa shape index (κ2) is 7.07. The molecule has 1 aromatic heterocycles. The van der Waals surface area contributed by atoms with Gasteiger partial charge in [-0.05, 0) is 25.1 Å². The van der Waals surface area contributed by atoms with Crippen molar-refractivity contribution in [3.05, 3.63) is 36.2 Å². The summed E-state index contributed by atoms with van der Waals surface area (Å²) in [7, 11) is 0. The van der Waals surface area contributed by atoms with Gasteiger partial charge in [-0.3, -0.25) is 4.79 Å². The first-order valence-corrected chi connectivity index (χ1v) is 6.13. The number of benzene rings is 1. The number of oxazole rings is 1. The van der Waals surface area contributed by atoms with Crippen LogP contribution in [-0.2, 0) is 4.79 Å². The molecule has 0 aliphatic heterocycles. The monoisotopic (exact) mass is 295 g/mol. The SMILES string of the molecule is Cc1coc(-c2cccc(NC(=O)C(C)CN)c2)n1.Cl. The average molecular weight is 296 g/mol. The molecule has 1 heterocycles. The van der Waals surface area contributed by atoms with Crippen LogP contribution in [0.4, 0.5) is 5.69 Å². The van der Waals surface area contributed by atoms with E-state index in [4.69, 9.17) is 10.2 Å². The topological polar surface area (TPSA) is 81.2 Å². The fraction of sp³-hybridized carbons (Fsp3) is 0.286. The molecule has 1 amide bonds. The minimum atomic E-state index is -0.215. The van der Waals surface area contributed by atoms with Crippen LogP contribution in [0.1, 0.15) is 12.6 Å². The molecule has 0 radical (unpaired) electrons. The lowest BCUT2D eigenvalue weighted by Gasteiger charge is -2.10. The number of nitrogens with two attached hydrogens (primary N) is 1. The van der Waals surface area contributed by atoms with Crippen molar-refractivity contribution < 1.29 is 9.21 Å². The van der Waals surface area contributed by atoms with Crippen LogP contribution in [0.15, 0.2) is 34.9 Å². The smallest absolute Gasteiger partial charge is 0.228 e. The number of amides is 1. The predicted molar refractivity (Wildman–Crippen MR) is 80.8 cm³/mol. The van der Waals surface area contributed by atoms with Gasteiger partial charge in [-0.2, -0.15) is 0 Å². The summed E-state index contributed by atoms with van der Waals surface area (Å²) in [5, 5.41) is 2.82. The molecule has 0 saturated heterocycles. The number of halogens is 1. The Morgan fingerprint density at radius 3 is 2.85 bits per heavy atom. The highest BCUT2D eigenvalue weighted by molar-refractivity contribution is 5.93. The zero-order valence-electron chi connectivity index (χ0n) is 11.4. The molecule has 0 bridgehead atoms. The average Bonchev–Trinajstić information content (AvgIpc) is 2.84. The molecule has 2 aromatic rings. The molecule has 20 heavy (non-hydrogen) atoms. The van der Waals surface area contributed by atoms with Gasteiger partial charge in [0.15, 0.2) is 0 Å². The quantitative estimate of drug-likeness (QED) is 0.908. The first-order chi connectivity index (χ1) is 9.10. The first kappa shape index (κ1) is 16.2. The number of hydrogen-bond acceptors (Lipinski definition) is 4. The Kier molecular flexibility index (Phi) is 5.73. The number of carbonyl (C=O) groups excluding carboxylic acids is 1. The molecule has 0 saturated carbocycles. The minimum Gasteiger partial charge on any atom is -0.444 e. The van der Waals surface area contributed by atoms with E-state index in [9.17, 15) is 4.79 Å². The van der Waals surface area contributed by atoms with Gasteiger partial charge in [0.2, 0.25) is 11.8 Å². The van der Waals surface area contributed by atoms with Crippen LogP contribution in [0, 0.1) is 12.8 Å². The van der Waals surface area contributed by atoms with Crippen molar-refractivity contribution in [2.75, 3.05) is 11.9 Å². The fourth-order valence-corrected chi connectivity index (χ4v) is 1.59. The Labute approximate surface area is 124 Å². The lowest BCUT2D eigenvalue weighted by atomic mass is 10.1. The van der Waals surface area contributed by atoms with Gasteiger partial charge in [0, 0.05) is 23.7 Å². The van der Waals surface area contributed by atoms with E-state index in [0.29, 0.717) is 18.1 Å². The van der Waals surface area contributed by atoms with Crippen molar-refractivity contribution in [3.63, 3.8) is 0 Å². The number of aromatic nitrogens is 1. The number of nitrogens with zero attached hydrogens (tertiary/aromatic N) is 1. The van der Waals surface area contributed by atoms with E-state index in [1.165, 1.54) is 0 Å². The molecule has 2 rings (SSSR count). The summed E-state index contributed by atoms with van der Waals surface area (Å²) in [6.07, 6.45) is 1.59. The first-order valence-electron chi connectivity index (χ1n) is 6.13. The highest BCUT2D eigenvalue weighted by Gasteiger charge is 2.12.